The summed E-state index contributed by atoms with van der Waals surface area (Å²) in [5.41, 5.74) is 2.74. The average Bonchev–Trinajstić information content (AvgIpc) is 3.41. The van der Waals surface area contributed by atoms with Crippen molar-refractivity contribution in [3.8, 4) is 10.6 Å². The Kier molecular flexibility index (Phi) is 7.69. The first-order valence-electron chi connectivity index (χ1n) is 12.3. The summed E-state index contributed by atoms with van der Waals surface area (Å²) in [7, 11) is -0.107. The molecule has 1 unspecified atom stereocenters. The molecule has 0 saturated heterocycles. The number of hydrogen-bond donors (Lipinski definition) is 2. The van der Waals surface area contributed by atoms with Crippen LogP contribution in [0.2, 0.25) is 0 Å². The molecule has 1 amide bonds. The van der Waals surface area contributed by atoms with Gasteiger partial charge in [0.15, 0.2) is 0 Å². The fraction of sp³-hybridized carbons (Fsp3) is 0.138. The zero-order valence-corrected chi connectivity index (χ0v) is 23.0. The molecule has 39 heavy (non-hydrogen) atoms. The number of carbonyl (C=O) groups is 1. The van der Waals surface area contributed by atoms with Crippen LogP contribution < -0.4 is 14.9 Å². The molecule has 198 valence electrons. The first-order valence-corrected chi connectivity index (χ1v) is 14.6. The fourth-order valence-electron chi connectivity index (χ4n) is 4.20. The molecule has 0 radical (unpaired) electrons. The molecule has 0 spiro atoms. The maximum absolute atomic E-state index is 13.5. The third kappa shape index (κ3) is 6.14. The van der Waals surface area contributed by atoms with Crippen LogP contribution in [0.1, 0.15) is 5.56 Å². The van der Waals surface area contributed by atoms with Gasteiger partial charge in [0, 0.05) is 30.7 Å². The minimum absolute atomic E-state index is 0.117. The molecular formula is C29H27N5O3S2. The Balaban J connectivity index is 1.40. The van der Waals surface area contributed by atoms with Crippen LogP contribution >= 0.6 is 11.3 Å². The molecule has 8 nitrogen and oxygen atoms in total. The largest absolute Gasteiger partial charge is 0.378 e. The highest BCUT2D eigenvalue weighted by molar-refractivity contribution is 7.89. The number of nitrogens with one attached hydrogen (secondary N) is 2. The van der Waals surface area contributed by atoms with E-state index in [1.807, 2.05) is 91.8 Å². The number of aromatic nitrogens is 2. The average molecular weight is 558 g/mol. The maximum Gasteiger partial charge on any atom is 0.244 e. The van der Waals surface area contributed by atoms with E-state index in [1.54, 1.807) is 24.3 Å². The maximum atomic E-state index is 13.5. The van der Waals surface area contributed by atoms with Gasteiger partial charge >= 0.3 is 0 Å². The summed E-state index contributed by atoms with van der Waals surface area (Å²) in [4.78, 5) is 15.6. The molecule has 0 aliphatic heterocycles. The Hall–Kier alpha value is -4.12. The number of anilines is 2. The molecule has 1 atom stereocenters. The lowest BCUT2D eigenvalue weighted by atomic mass is 10.1. The molecule has 1 heterocycles. The molecule has 0 fully saturated rings. The SMILES string of the molecule is CN(C)c1ccc(-c2nnc(NC(=O)C(Cc3ccccc3)NS(=O)(=O)c3cccc4ccccc34)s2)cc1. The molecule has 0 saturated carbocycles. The van der Waals surface area contributed by atoms with Gasteiger partial charge in [-0.3, -0.25) is 10.1 Å². The minimum Gasteiger partial charge on any atom is -0.378 e. The van der Waals surface area contributed by atoms with E-state index >= 15 is 0 Å². The zero-order valence-electron chi connectivity index (χ0n) is 21.4. The van der Waals surface area contributed by atoms with Crippen LogP contribution in [-0.2, 0) is 21.2 Å². The quantitative estimate of drug-likeness (QED) is 0.266. The number of hydrogen-bond acceptors (Lipinski definition) is 7. The van der Waals surface area contributed by atoms with Gasteiger partial charge in [0.25, 0.3) is 0 Å². The topological polar surface area (TPSA) is 104 Å². The van der Waals surface area contributed by atoms with Gasteiger partial charge in [-0.05, 0) is 47.7 Å². The minimum atomic E-state index is -4.04. The van der Waals surface area contributed by atoms with Crippen LogP contribution in [0.4, 0.5) is 10.8 Å². The second-order valence-electron chi connectivity index (χ2n) is 9.18. The van der Waals surface area contributed by atoms with Crippen molar-refractivity contribution in [2.45, 2.75) is 17.4 Å². The highest BCUT2D eigenvalue weighted by Crippen LogP contribution is 2.28. The first-order chi connectivity index (χ1) is 18.8. The van der Waals surface area contributed by atoms with Crippen molar-refractivity contribution in [1.29, 1.82) is 0 Å². The summed E-state index contributed by atoms with van der Waals surface area (Å²) in [6.45, 7) is 0. The molecule has 0 aliphatic rings. The van der Waals surface area contributed by atoms with Gasteiger partial charge in [0.05, 0.1) is 4.90 Å². The van der Waals surface area contributed by atoms with Gasteiger partial charge in [-0.25, -0.2) is 8.42 Å². The number of carbonyl (C=O) groups excluding carboxylic acids is 1. The van der Waals surface area contributed by atoms with E-state index < -0.39 is 22.0 Å². The lowest BCUT2D eigenvalue weighted by molar-refractivity contribution is -0.117. The monoisotopic (exact) mass is 557 g/mol. The smallest absolute Gasteiger partial charge is 0.244 e. The summed E-state index contributed by atoms with van der Waals surface area (Å²) in [6, 6.07) is 28.4. The van der Waals surface area contributed by atoms with Crippen LogP contribution in [-0.4, -0.2) is 44.7 Å². The van der Waals surface area contributed by atoms with Crippen LogP contribution in [0.25, 0.3) is 21.3 Å². The van der Waals surface area contributed by atoms with Crippen molar-refractivity contribution in [2.75, 3.05) is 24.3 Å². The van der Waals surface area contributed by atoms with Crippen LogP contribution in [0, 0.1) is 0 Å². The van der Waals surface area contributed by atoms with Gasteiger partial charge in [0.1, 0.15) is 11.0 Å². The number of sulfonamides is 1. The van der Waals surface area contributed by atoms with Crippen molar-refractivity contribution in [1.82, 2.24) is 14.9 Å². The predicted octanol–water partition coefficient (Wildman–Crippen LogP) is 4.95. The fourth-order valence-corrected chi connectivity index (χ4v) is 6.38. The van der Waals surface area contributed by atoms with Gasteiger partial charge in [-0.15, -0.1) is 10.2 Å². The molecule has 1 aromatic heterocycles. The summed E-state index contributed by atoms with van der Waals surface area (Å²) in [5.74, 6) is -0.520. The highest BCUT2D eigenvalue weighted by atomic mass is 32.2. The first kappa shape index (κ1) is 26.5. The van der Waals surface area contributed by atoms with Gasteiger partial charge in [-0.2, -0.15) is 4.72 Å². The van der Waals surface area contributed by atoms with Crippen molar-refractivity contribution >= 4 is 48.9 Å². The van der Waals surface area contributed by atoms with Crippen molar-refractivity contribution in [2.24, 2.45) is 0 Å². The Bertz CT molecular complexity index is 1700. The van der Waals surface area contributed by atoms with Gasteiger partial charge in [0.2, 0.25) is 21.1 Å². The molecule has 2 N–H and O–H groups in total. The standard InChI is InChI=1S/C29H27N5O3S2/c1-34(2)23-17-15-22(16-18-23)28-31-32-29(38-28)30-27(35)25(19-20-9-4-3-5-10-20)33-39(36,37)26-14-8-12-21-11-6-7-13-24(21)26/h3-18,25,33H,19H2,1-2H3,(H,30,32,35). The van der Waals surface area contributed by atoms with Crippen LogP contribution in [0.3, 0.4) is 0 Å². The summed E-state index contributed by atoms with van der Waals surface area (Å²) >= 11 is 1.22. The van der Waals surface area contributed by atoms with Crippen LogP contribution in [0.15, 0.2) is 102 Å². The Labute approximate surface area is 231 Å². The summed E-state index contributed by atoms with van der Waals surface area (Å²) in [5, 5.41) is 13.4. The Morgan fingerprint density at radius 1 is 0.872 bits per heavy atom. The molecule has 0 bridgehead atoms. The summed E-state index contributed by atoms with van der Waals surface area (Å²) in [6.07, 6.45) is 0.161. The van der Waals surface area contributed by atoms with Gasteiger partial charge in [-0.1, -0.05) is 78.1 Å². The molecule has 0 aliphatic carbocycles. The summed E-state index contributed by atoms with van der Waals surface area (Å²) < 4.78 is 29.7. The van der Waals surface area contributed by atoms with E-state index in [0.29, 0.717) is 10.4 Å². The molecular weight excluding hydrogens is 530 g/mol. The highest BCUT2D eigenvalue weighted by Gasteiger charge is 2.28. The van der Waals surface area contributed by atoms with Crippen molar-refractivity contribution in [3.63, 3.8) is 0 Å². The molecule has 5 aromatic rings. The van der Waals surface area contributed by atoms with E-state index in [1.165, 1.54) is 11.3 Å². The lowest BCUT2D eigenvalue weighted by Gasteiger charge is -2.19. The van der Waals surface area contributed by atoms with E-state index in [0.717, 1.165) is 22.2 Å². The third-order valence-corrected chi connectivity index (χ3v) is 8.64. The molecule has 5 rings (SSSR count). The number of benzene rings is 4. The number of fused-ring (bicyclic) bond motifs is 1. The predicted molar refractivity (Wildman–Crippen MR) is 157 cm³/mol. The Morgan fingerprint density at radius 2 is 1.56 bits per heavy atom. The zero-order chi connectivity index (χ0) is 27.4. The number of rotatable bonds is 9. The van der Waals surface area contributed by atoms with Gasteiger partial charge < -0.3 is 4.90 Å². The van der Waals surface area contributed by atoms with E-state index in [4.69, 9.17) is 0 Å². The van der Waals surface area contributed by atoms with E-state index in [-0.39, 0.29) is 16.4 Å². The third-order valence-electron chi connectivity index (χ3n) is 6.22. The van der Waals surface area contributed by atoms with Crippen molar-refractivity contribution in [3.05, 3.63) is 103 Å². The van der Waals surface area contributed by atoms with E-state index in [2.05, 4.69) is 20.2 Å². The number of amides is 1. The second kappa shape index (κ2) is 11.3. The van der Waals surface area contributed by atoms with E-state index in [9.17, 15) is 13.2 Å². The molecule has 10 heteroatoms. The van der Waals surface area contributed by atoms with Crippen molar-refractivity contribution < 1.29 is 13.2 Å². The Morgan fingerprint density at radius 3 is 2.31 bits per heavy atom. The normalized spacial score (nSPS) is 12.3. The lowest BCUT2D eigenvalue weighted by Crippen LogP contribution is -2.45. The second-order valence-corrected chi connectivity index (χ2v) is 11.8. The van der Waals surface area contributed by atoms with Crippen LogP contribution in [0.5, 0.6) is 0 Å². The molecule has 4 aromatic carbocycles. The number of nitrogens with zero attached hydrogens (tertiary/aromatic N) is 3.